The highest BCUT2D eigenvalue weighted by molar-refractivity contribution is 5.89. The second-order valence-corrected chi connectivity index (χ2v) is 6.45. The van der Waals surface area contributed by atoms with Crippen LogP contribution >= 0.6 is 0 Å². The molecule has 0 saturated carbocycles. The van der Waals surface area contributed by atoms with Crippen molar-refractivity contribution < 1.29 is 18.7 Å². The summed E-state index contributed by atoms with van der Waals surface area (Å²) in [5, 5.41) is 0. The molecule has 0 bridgehead atoms. The van der Waals surface area contributed by atoms with Gasteiger partial charge in [0.25, 0.3) is 0 Å². The van der Waals surface area contributed by atoms with Crippen molar-refractivity contribution in [2.24, 2.45) is 5.92 Å². The van der Waals surface area contributed by atoms with Crippen molar-refractivity contribution in [3.05, 3.63) is 30.1 Å². The van der Waals surface area contributed by atoms with Crippen LogP contribution in [0.15, 0.2) is 24.3 Å². The van der Waals surface area contributed by atoms with E-state index in [1.807, 2.05) is 13.8 Å². The van der Waals surface area contributed by atoms with Crippen molar-refractivity contribution in [3.63, 3.8) is 0 Å². The lowest BCUT2D eigenvalue weighted by Crippen LogP contribution is -2.57. The Morgan fingerprint density at radius 2 is 1.96 bits per heavy atom. The van der Waals surface area contributed by atoms with Gasteiger partial charge >= 0.3 is 0 Å². The molecule has 0 aliphatic carbocycles. The molecule has 2 aliphatic rings. The summed E-state index contributed by atoms with van der Waals surface area (Å²) in [6, 6.07) is 6.37. The van der Waals surface area contributed by atoms with Gasteiger partial charge in [-0.05, 0) is 26.0 Å². The first-order valence-electron chi connectivity index (χ1n) is 7.95. The Bertz CT molecular complexity index is 614. The van der Waals surface area contributed by atoms with E-state index in [4.69, 9.17) is 4.74 Å². The molecule has 1 aromatic rings. The molecule has 2 heterocycles. The first-order chi connectivity index (χ1) is 11.0. The zero-order valence-corrected chi connectivity index (χ0v) is 13.4. The average Bonchev–Trinajstić information content (AvgIpc) is 2.86. The molecule has 2 fully saturated rings. The van der Waals surface area contributed by atoms with Crippen LogP contribution < -0.4 is 4.74 Å². The van der Waals surface area contributed by atoms with Crippen LogP contribution in [-0.4, -0.2) is 53.4 Å². The molecule has 124 valence electrons. The fourth-order valence-corrected chi connectivity index (χ4v) is 3.07. The number of hydrogen-bond acceptors (Lipinski definition) is 3. The van der Waals surface area contributed by atoms with Gasteiger partial charge in [0, 0.05) is 19.0 Å². The van der Waals surface area contributed by atoms with Crippen LogP contribution in [0.25, 0.3) is 0 Å². The summed E-state index contributed by atoms with van der Waals surface area (Å²) in [5.41, 5.74) is 0. The summed E-state index contributed by atoms with van der Waals surface area (Å²) < 4.78 is 19.1. The first kappa shape index (κ1) is 15.8. The van der Waals surface area contributed by atoms with Crippen LogP contribution in [0, 0.1) is 11.7 Å². The lowest BCUT2D eigenvalue weighted by Gasteiger charge is -2.40. The predicted octanol–water partition coefficient (Wildman–Crippen LogP) is 1.67. The van der Waals surface area contributed by atoms with E-state index >= 15 is 0 Å². The van der Waals surface area contributed by atoms with Crippen molar-refractivity contribution in [3.8, 4) is 5.75 Å². The van der Waals surface area contributed by atoms with Crippen LogP contribution in [-0.2, 0) is 9.59 Å². The van der Waals surface area contributed by atoms with Crippen LogP contribution in [0.2, 0.25) is 0 Å². The van der Waals surface area contributed by atoms with Crippen molar-refractivity contribution in [1.82, 2.24) is 9.80 Å². The van der Waals surface area contributed by atoms with Crippen LogP contribution in [0.3, 0.4) is 0 Å². The zero-order valence-electron chi connectivity index (χ0n) is 13.4. The molecule has 2 saturated heterocycles. The maximum absolute atomic E-state index is 13.5. The maximum atomic E-state index is 13.5. The number of rotatable bonds is 4. The number of benzene rings is 1. The Balaban J connectivity index is 1.51. The van der Waals surface area contributed by atoms with Crippen LogP contribution in [0.1, 0.15) is 20.3 Å². The Hall–Kier alpha value is -2.11. The molecule has 3 rings (SSSR count). The third kappa shape index (κ3) is 3.16. The van der Waals surface area contributed by atoms with Gasteiger partial charge in [0.05, 0.1) is 19.0 Å². The molecule has 1 unspecified atom stereocenters. The number of ether oxygens (including phenoxy) is 1. The standard InChI is InChI=1S/C17H21FN2O3/c1-11(2)20-8-12(7-16(20)21)17(22)19-9-13(10-19)23-15-6-4-3-5-14(15)18/h3-6,11-13H,7-10H2,1-2H3. The third-order valence-electron chi connectivity index (χ3n) is 4.42. The smallest absolute Gasteiger partial charge is 0.228 e. The number of hydrogen-bond donors (Lipinski definition) is 0. The largest absolute Gasteiger partial charge is 0.484 e. The quantitative estimate of drug-likeness (QED) is 0.848. The molecule has 0 N–H and O–H groups in total. The topological polar surface area (TPSA) is 49.9 Å². The third-order valence-corrected chi connectivity index (χ3v) is 4.42. The Morgan fingerprint density at radius 3 is 2.57 bits per heavy atom. The lowest BCUT2D eigenvalue weighted by atomic mass is 10.0. The van der Waals surface area contributed by atoms with Gasteiger partial charge in [-0.1, -0.05) is 12.1 Å². The molecule has 0 spiro atoms. The fraction of sp³-hybridized carbons (Fsp3) is 0.529. The monoisotopic (exact) mass is 320 g/mol. The van der Waals surface area contributed by atoms with E-state index in [-0.39, 0.29) is 42.0 Å². The Morgan fingerprint density at radius 1 is 1.26 bits per heavy atom. The summed E-state index contributed by atoms with van der Waals surface area (Å²) in [6.07, 6.45) is 0.0981. The average molecular weight is 320 g/mol. The summed E-state index contributed by atoms with van der Waals surface area (Å²) in [4.78, 5) is 27.7. The van der Waals surface area contributed by atoms with Crippen LogP contribution in [0.5, 0.6) is 5.75 Å². The van der Waals surface area contributed by atoms with E-state index in [1.54, 1.807) is 28.0 Å². The van der Waals surface area contributed by atoms with Crippen molar-refractivity contribution >= 4 is 11.8 Å². The molecule has 2 aliphatic heterocycles. The van der Waals surface area contributed by atoms with Gasteiger partial charge in [-0.15, -0.1) is 0 Å². The minimum Gasteiger partial charge on any atom is -0.484 e. The SMILES string of the molecule is CC(C)N1CC(C(=O)N2CC(Oc3ccccc3F)C2)CC1=O. The summed E-state index contributed by atoms with van der Waals surface area (Å²) in [7, 11) is 0. The van der Waals surface area contributed by atoms with E-state index in [0.717, 1.165) is 0 Å². The Labute approximate surface area is 135 Å². The van der Waals surface area contributed by atoms with E-state index in [2.05, 4.69) is 0 Å². The van der Waals surface area contributed by atoms with Gasteiger partial charge in [0.2, 0.25) is 11.8 Å². The van der Waals surface area contributed by atoms with Crippen molar-refractivity contribution in [1.29, 1.82) is 0 Å². The van der Waals surface area contributed by atoms with Crippen LogP contribution in [0.4, 0.5) is 4.39 Å². The normalized spacial score (nSPS) is 21.7. The number of nitrogens with zero attached hydrogens (tertiary/aromatic N) is 2. The first-order valence-corrected chi connectivity index (χ1v) is 7.95. The molecule has 6 heteroatoms. The van der Waals surface area contributed by atoms with E-state index in [0.29, 0.717) is 19.6 Å². The highest BCUT2D eigenvalue weighted by atomic mass is 19.1. The molecule has 1 atom stereocenters. The van der Waals surface area contributed by atoms with Gasteiger partial charge in [0.15, 0.2) is 11.6 Å². The molecular weight excluding hydrogens is 299 g/mol. The van der Waals surface area contributed by atoms with Crippen molar-refractivity contribution in [2.75, 3.05) is 19.6 Å². The second-order valence-electron chi connectivity index (χ2n) is 6.45. The Kier molecular flexibility index (Phi) is 4.24. The number of amides is 2. The molecule has 0 radical (unpaired) electrons. The van der Waals surface area contributed by atoms with Gasteiger partial charge in [-0.25, -0.2) is 4.39 Å². The summed E-state index contributed by atoms with van der Waals surface area (Å²) in [5.74, 6) is -0.412. The molecule has 1 aromatic carbocycles. The van der Waals surface area contributed by atoms with Gasteiger partial charge in [-0.2, -0.15) is 0 Å². The predicted molar refractivity (Wildman–Crippen MR) is 82.4 cm³/mol. The molecule has 2 amide bonds. The van der Waals surface area contributed by atoms with Gasteiger partial charge in [-0.3, -0.25) is 9.59 Å². The van der Waals surface area contributed by atoms with E-state index in [1.165, 1.54) is 6.07 Å². The van der Waals surface area contributed by atoms with E-state index < -0.39 is 5.82 Å². The molecule has 5 nitrogen and oxygen atoms in total. The molecular formula is C17H21FN2O3. The number of para-hydroxylation sites is 1. The number of carbonyl (C=O) groups excluding carboxylic acids is 2. The second kappa shape index (κ2) is 6.18. The van der Waals surface area contributed by atoms with Crippen molar-refractivity contribution in [2.45, 2.75) is 32.4 Å². The van der Waals surface area contributed by atoms with E-state index in [9.17, 15) is 14.0 Å². The molecule has 0 aromatic heterocycles. The number of carbonyl (C=O) groups is 2. The number of halogens is 1. The highest BCUT2D eigenvalue weighted by Crippen LogP contribution is 2.26. The summed E-state index contributed by atoms with van der Waals surface area (Å²) >= 11 is 0. The minimum atomic E-state index is -0.397. The number of likely N-dealkylation sites (tertiary alicyclic amines) is 2. The van der Waals surface area contributed by atoms with Gasteiger partial charge in [0.1, 0.15) is 6.10 Å². The summed E-state index contributed by atoms with van der Waals surface area (Å²) in [6.45, 7) is 5.28. The highest BCUT2D eigenvalue weighted by Gasteiger charge is 2.41. The minimum absolute atomic E-state index is 0.00474. The fourth-order valence-electron chi connectivity index (χ4n) is 3.07. The zero-order chi connectivity index (χ0) is 16.6. The lowest BCUT2D eigenvalue weighted by molar-refractivity contribution is -0.144. The molecule has 23 heavy (non-hydrogen) atoms. The van der Waals surface area contributed by atoms with Gasteiger partial charge < -0.3 is 14.5 Å². The maximum Gasteiger partial charge on any atom is 0.228 e.